The van der Waals surface area contributed by atoms with Gasteiger partial charge in [-0.2, -0.15) is 0 Å². The fraction of sp³-hybridized carbons (Fsp3) is 0.316. The first-order valence-electron chi connectivity index (χ1n) is 8.24. The van der Waals surface area contributed by atoms with E-state index in [9.17, 15) is 14.9 Å². The lowest BCUT2D eigenvalue weighted by atomic mass is 10.0. The van der Waals surface area contributed by atoms with Crippen LogP contribution in [0.25, 0.3) is 0 Å². The molecule has 0 aromatic heterocycles. The third-order valence-corrected chi connectivity index (χ3v) is 3.99. The van der Waals surface area contributed by atoms with Crippen molar-refractivity contribution in [3.63, 3.8) is 0 Å². The molecule has 6 heteroatoms. The maximum Gasteiger partial charge on any atom is 0.269 e. The molecule has 0 radical (unpaired) electrons. The molecule has 0 spiro atoms. The van der Waals surface area contributed by atoms with E-state index >= 15 is 0 Å². The van der Waals surface area contributed by atoms with Gasteiger partial charge >= 0.3 is 0 Å². The van der Waals surface area contributed by atoms with Gasteiger partial charge < -0.3 is 10.1 Å². The smallest absolute Gasteiger partial charge is 0.269 e. The number of nitrogens with one attached hydrogen (secondary N) is 1. The SMILES string of the molecule is CCc1cccc(CC)c1NC(=O)COc1ccc([N+](=O)[O-])cc1C. The molecule has 2 aromatic rings. The molecule has 2 aromatic carbocycles. The lowest BCUT2D eigenvalue weighted by Crippen LogP contribution is -2.22. The average molecular weight is 342 g/mol. The van der Waals surface area contributed by atoms with Gasteiger partial charge in [-0.05, 0) is 42.5 Å². The molecule has 0 aliphatic rings. The predicted octanol–water partition coefficient (Wildman–Crippen LogP) is 4.05. The maximum absolute atomic E-state index is 12.3. The van der Waals surface area contributed by atoms with Crippen LogP contribution in [0, 0.1) is 17.0 Å². The van der Waals surface area contributed by atoms with Crippen LogP contribution in [0.2, 0.25) is 0 Å². The van der Waals surface area contributed by atoms with E-state index in [1.165, 1.54) is 18.2 Å². The Labute approximate surface area is 147 Å². The highest BCUT2D eigenvalue weighted by molar-refractivity contribution is 5.93. The van der Waals surface area contributed by atoms with Gasteiger partial charge in [-0.3, -0.25) is 14.9 Å². The lowest BCUT2D eigenvalue weighted by molar-refractivity contribution is -0.384. The fourth-order valence-electron chi connectivity index (χ4n) is 2.63. The summed E-state index contributed by atoms with van der Waals surface area (Å²) in [4.78, 5) is 22.6. The Morgan fingerprint density at radius 2 is 1.80 bits per heavy atom. The number of anilines is 1. The average Bonchev–Trinajstić information content (AvgIpc) is 2.60. The number of amides is 1. The zero-order valence-corrected chi connectivity index (χ0v) is 14.7. The topological polar surface area (TPSA) is 81.5 Å². The molecule has 2 rings (SSSR count). The number of para-hydroxylation sites is 1. The summed E-state index contributed by atoms with van der Waals surface area (Å²) in [5.74, 6) is 0.202. The summed E-state index contributed by atoms with van der Waals surface area (Å²) in [5.41, 5.74) is 3.63. The van der Waals surface area contributed by atoms with Crippen LogP contribution < -0.4 is 10.1 Å². The summed E-state index contributed by atoms with van der Waals surface area (Å²) in [6.07, 6.45) is 1.65. The van der Waals surface area contributed by atoms with Crippen LogP contribution in [0.1, 0.15) is 30.5 Å². The molecule has 0 fully saturated rings. The Bertz CT molecular complexity index is 765. The standard InChI is InChI=1S/C19H22N2O4/c1-4-14-7-6-8-15(5-2)19(14)20-18(22)12-25-17-10-9-16(21(23)24)11-13(17)3/h6-11H,4-5,12H2,1-3H3,(H,20,22). The van der Waals surface area contributed by atoms with E-state index in [-0.39, 0.29) is 18.2 Å². The second-order valence-corrected chi connectivity index (χ2v) is 5.70. The van der Waals surface area contributed by atoms with Crippen molar-refractivity contribution in [3.05, 3.63) is 63.2 Å². The van der Waals surface area contributed by atoms with Crippen molar-refractivity contribution in [1.29, 1.82) is 0 Å². The highest BCUT2D eigenvalue weighted by atomic mass is 16.6. The number of benzene rings is 2. The lowest BCUT2D eigenvalue weighted by Gasteiger charge is -2.15. The molecule has 0 aliphatic heterocycles. The zero-order chi connectivity index (χ0) is 18.4. The third kappa shape index (κ3) is 4.56. The van der Waals surface area contributed by atoms with E-state index in [4.69, 9.17) is 4.74 Å². The first-order chi connectivity index (χ1) is 12.0. The summed E-state index contributed by atoms with van der Waals surface area (Å²) in [7, 11) is 0. The number of aryl methyl sites for hydroxylation is 3. The largest absolute Gasteiger partial charge is 0.483 e. The van der Waals surface area contributed by atoms with Gasteiger partial charge in [-0.25, -0.2) is 0 Å². The van der Waals surface area contributed by atoms with Crippen molar-refractivity contribution in [2.45, 2.75) is 33.6 Å². The first-order valence-corrected chi connectivity index (χ1v) is 8.24. The highest BCUT2D eigenvalue weighted by Crippen LogP contribution is 2.24. The summed E-state index contributed by atoms with van der Waals surface area (Å²) in [6.45, 7) is 5.64. The highest BCUT2D eigenvalue weighted by Gasteiger charge is 2.13. The fourth-order valence-corrected chi connectivity index (χ4v) is 2.63. The normalized spacial score (nSPS) is 10.4. The van der Waals surface area contributed by atoms with Crippen LogP contribution in [0.5, 0.6) is 5.75 Å². The molecule has 1 amide bonds. The summed E-state index contributed by atoms with van der Waals surface area (Å²) >= 11 is 0. The minimum atomic E-state index is -0.461. The number of nitrogens with zero attached hydrogens (tertiary/aromatic N) is 1. The minimum absolute atomic E-state index is 0.00115. The predicted molar refractivity (Wildman–Crippen MR) is 97.2 cm³/mol. The number of carbonyl (C=O) groups is 1. The van der Waals surface area contributed by atoms with Crippen LogP contribution >= 0.6 is 0 Å². The third-order valence-electron chi connectivity index (χ3n) is 3.99. The monoisotopic (exact) mass is 342 g/mol. The number of ether oxygens (including phenoxy) is 1. The number of hydrogen-bond donors (Lipinski definition) is 1. The van der Waals surface area contributed by atoms with Crippen molar-refractivity contribution in [2.75, 3.05) is 11.9 Å². The summed E-state index contributed by atoms with van der Waals surface area (Å²) in [6, 6.07) is 10.3. The van der Waals surface area contributed by atoms with Crippen LogP contribution in [0.3, 0.4) is 0 Å². The van der Waals surface area contributed by atoms with Gasteiger partial charge in [-0.15, -0.1) is 0 Å². The molecule has 0 unspecified atom stereocenters. The molecule has 0 aliphatic carbocycles. The molecule has 25 heavy (non-hydrogen) atoms. The number of nitro groups is 1. The Kier molecular flexibility index (Phi) is 6.11. The van der Waals surface area contributed by atoms with Gasteiger partial charge in [0.1, 0.15) is 5.75 Å². The van der Waals surface area contributed by atoms with Crippen LogP contribution in [0.15, 0.2) is 36.4 Å². The molecular weight excluding hydrogens is 320 g/mol. The maximum atomic E-state index is 12.3. The molecule has 0 bridgehead atoms. The van der Waals surface area contributed by atoms with Crippen molar-refractivity contribution in [3.8, 4) is 5.75 Å². The second-order valence-electron chi connectivity index (χ2n) is 5.70. The van der Waals surface area contributed by atoms with Crippen LogP contribution in [-0.4, -0.2) is 17.4 Å². The Morgan fingerprint density at radius 1 is 1.16 bits per heavy atom. The van der Waals surface area contributed by atoms with E-state index in [0.717, 1.165) is 29.7 Å². The zero-order valence-electron chi connectivity index (χ0n) is 14.7. The Balaban J connectivity index is 2.06. The Morgan fingerprint density at radius 3 is 2.32 bits per heavy atom. The van der Waals surface area contributed by atoms with Crippen LogP contribution in [-0.2, 0) is 17.6 Å². The molecule has 6 nitrogen and oxygen atoms in total. The summed E-state index contributed by atoms with van der Waals surface area (Å²) in [5, 5.41) is 13.7. The van der Waals surface area contributed by atoms with Gasteiger partial charge in [0.05, 0.1) is 4.92 Å². The molecule has 0 saturated carbocycles. The van der Waals surface area contributed by atoms with Gasteiger partial charge in [0, 0.05) is 17.8 Å². The Hall–Kier alpha value is -2.89. The summed E-state index contributed by atoms with van der Waals surface area (Å²) < 4.78 is 5.52. The molecule has 1 N–H and O–H groups in total. The number of carbonyl (C=O) groups excluding carboxylic acids is 1. The van der Waals surface area contributed by atoms with Gasteiger partial charge in [0.2, 0.25) is 0 Å². The minimum Gasteiger partial charge on any atom is -0.483 e. The molecule has 0 heterocycles. The second kappa shape index (κ2) is 8.28. The van der Waals surface area contributed by atoms with Crippen molar-refractivity contribution >= 4 is 17.3 Å². The van der Waals surface area contributed by atoms with E-state index in [1.807, 2.05) is 32.0 Å². The van der Waals surface area contributed by atoms with E-state index in [1.54, 1.807) is 6.92 Å². The number of nitro benzene ring substituents is 1. The first kappa shape index (κ1) is 18.4. The van der Waals surface area contributed by atoms with Gasteiger partial charge in [0.15, 0.2) is 6.61 Å². The quantitative estimate of drug-likeness (QED) is 0.608. The van der Waals surface area contributed by atoms with Crippen LogP contribution in [0.4, 0.5) is 11.4 Å². The number of non-ortho nitro benzene ring substituents is 1. The van der Waals surface area contributed by atoms with E-state index in [0.29, 0.717) is 11.3 Å². The van der Waals surface area contributed by atoms with Crippen molar-refractivity contribution < 1.29 is 14.5 Å². The van der Waals surface area contributed by atoms with Gasteiger partial charge in [0.25, 0.3) is 11.6 Å². The van der Waals surface area contributed by atoms with Crippen molar-refractivity contribution in [2.24, 2.45) is 0 Å². The number of rotatable bonds is 7. The van der Waals surface area contributed by atoms with E-state index < -0.39 is 4.92 Å². The van der Waals surface area contributed by atoms with E-state index in [2.05, 4.69) is 5.32 Å². The molecular formula is C19H22N2O4. The molecule has 132 valence electrons. The molecule has 0 atom stereocenters. The van der Waals surface area contributed by atoms with Gasteiger partial charge in [-0.1, -0.05) is 32.0 Å². The number of hydrogen-bond acceptors (Lipinski definition) is 4. The molecule has 0 saturated heterocycles. The van der Waals surface area contributed by atoms with Crippen molar-refractivity contribution in [1.82, 2.24) is 0 Å².